The molecule has 0 N–H and O–H groups in total. The molecule has 3 heteroatoms. The van der Waals surface area contributed by atoms with Crippen molar-refractivity contribution in [2.45, 2.75) is 19.9 Å². The molecule has 0 aromatic heterocycles. The third-order valence-electron chi connectivity index (χ3n) is 1.96. The van der Waals surface area contributed by atoms with Crippen LogP contribution in [0.4, 0.5) is 0 Å². The fraction of sp³-hybridized carbons (Fsp3) is 0.800. The summed E-state index contributed by atoms with van der Waals surface area (Å²) in [6, 6.07) is 0.534. The quantitative estimate of drug-likeness (QED) is 0.500. The van der Waals surface area contributed by atoms with Crippen molar-refractivity contribution in [3.05, 3.63) is 12.2 Å². The van der Waals surface area contributed by atoms with Crippen LogP contribution in [0.15, 0.2) is 12.2 Å². The number of methoxy groups -OCH3 is 1. The normalized spacial score (nSPS) is 11.2. The Kier molecular flexibility index (Phi) is 7.42. The highest BCUT2D eigenvalue weighted by Gasteiger charge is 2.09. The number of nitrogens with zero attached hydrogens (tertiary/aromatic N) is 1. The van der Waals surface area contributed by atoms with Gasteiger partial charge in [-0.05, 0) is 13.8 Å². The number of rotatable bonds is 7. The predicted octanol–water partition coefficient (Wildman–Crippen LogP) is 1.83. The van der Waals surface area contributed by atoms with Gasteiger partial charge >= 0.3 is 0 Å². The number of thiol groups is 1. The summed E-state index contributed by atoms with van der Waals surface area (Å²) < 4.78 is 5.05. The molecule has 0 rings (SSSR count). The Morgan fingerprint density at radius 2 is 2.15 bits per heavy atom. The van der Waals surface area contributed by atoms with E-state index >= 15 is 0 Å². The summed E-state index contributed by atoms with van der Waals surface area (Å²) in [5, 5.41) is 0. The summed E-state index contributed by atoms with van der Waals surface area (Å²) in [6.45, 7) is 11.0. The molecule has 0 radical (unpaired) electrons. The maximum atomic E-state index is 5.05. The minimum absolute atomic E-state index is 0.534. The van der Waals surface area contributed by atoms with Gasteiger partial charge in [0, 0.05) is 32.0 Å². The van der Waals surface area contributed by atoms with Crippen LogP contribution in [0.1, 0.15) is 13.8 Å². The minimum atomic E-state index is 0.534. The Hall–Kier alpha value is 0.01000. The zero-order valence-corrected chi connectivity index (χ0v) is 9.81. The first-order valence-electron chi connectivity index (χ1n) is 4.62. The second-order valence-electron chi connectivity index (χ2n) is 3.47. The van der Waals surface area contributed by atoms with Crippen LogP contribution in [0.2, 0.25) is 0 Å². The molecule has 0 aliphatic rings. The third-order valence-corrected chi connectivity index (χ3v) is 2.41. The number of ether oxygens (including phenoxy) is 1. The van der Waals surface area contributed by atoms with E-state index in [1.165, 1.54) is 0 Å². The van der Waals surface area contributed by atoms with Crippen molar-refractivity contribution in [3.8, 4) is 0 Å². The standard InChI is InChI=1S/C10H21NOS/c1-9(2)11(5-6-12-4)7-10(3)8-13/h9,13H,3,5-8H2,1-2,4H3. The number of hydrogen-bond acceptors (Lipinski definition) is 3. The Balaban J connectivity index is 3.87. The van der Waals surface area contributed by atoms with Crippen molar-refractivity contribution < 1.29 is 4.74 Å². The van der Waals surface area contributed by atoms with Crippen molar-refractivity contribution in [2.24, 2.45) is 0 Å². The summed E-state index contributed by atoms with van der Waals surface area (Å²) in [4.78, 5) is 2.34. The Morgan fingerprint density at radius 1 is 1.54 bits per heavy atom. The van der Waals surface area contributed by atoms with E-state index in [2.05, 4.69) is 38.0 Å². The van der Waals surface area contributed by atoms with Crippen LogP contribution in [-0.4, -0.2) is 43.5 Å². The van der Waals surface area contributed by atoms with E-state index in [-0.39, 0.29) is 0 Å². The number of hydrogen-bond donors (Lipinski definition) is 1. The van der Waals surface area contributed by atoms with Crippen LogP contribution in [-0.2, 0) is 4.74 Å². The lowest BCUT2D eigenvalue weighted by atomic mass is 10.2. The van der Waals surface area contributed by atoms with Gasteiger partial charge in [0.25, 0.3) is 0 Å². The van der Waals surface area contributed by atoms with Gasteiger partial charge in [-0.3, -0.25) is 4.90 Å². The molecule has 0 fully saturated rings. The smallest absolute Gasteiger partial charge is 0.0589 e. The van der Waals surface area contributed by atoms with Crippen molar-refractivity contribution in [1.82, 2.24) is 4.90 Å². The van der Waals surface area contributed by atoms with Crippen molar-refractivity contribution in [1.29, 1.82) is 0 Å². The van der Waals surface area contributed by atoms with E-state index in [0.29, 0.717) is 6.04 Å². The van der Waals surface area contributed by atoms with Crippen LogP contribution in [0, 0.1) is 0 Å². The van der Waals surface area contributed by atoms with Crippen LogP contribution in [0.3, 0.4) is 0 Å². The molecule has 0 heterocycles. The Bertz CT molecular complexity index is 148. The maximum Gasteiger partial charge on any atom is 0.0589 e. The molecular formula is C10H21NOS. The molecule has 0 unspecified atom stereocenters. The molecule has 13 heavy (non-hydrogen) atoms. The van der Waals surface area contributed by atoms with Gasteiger partial charge in [0.1, 0.15) is 0 Å². The first-order chi connectivity index (χ1) is 6.11. The van der Waals surface area contributed by atoms with Gasteiger partial charge in [-0.2, -0.15) is 12.6 Å². The monoisotopic (exact) mass is 203 g/mol. The van der Waals surface area contributed by atoms with E-state index in [1.54, 1.807) is 7.11 Å². The molecular weight excluding hydrogens is 182 g/mol. The molecule has 0 saturated carbocycles. The van der Waals surface area contributed by atoms with Gasteiger partial charge in [0.2, 0.25) is 0 Å². The van der Waals surface area contributed by atoms with Gasteiger partial charge in [0.15, 0.2) is 0 Å². The van der Waals surface area contributed by atoms with E-state index in [0.717, 1.165) is 31.0 Å². The van der Waals surface area contributed by atoms with E-state index in [4.69, 9.17) is 4.74 Å². The van der Waals surface area contributed by atoms with E-state index in [9.17, 15) is 0 Å². The first kappa shape index (κ1) is 13.0. The van der Waals surface area contributed by atoms with E-state index < -0.39 is 0 Å². The average molecular weight is 203 g/mol. The highest BCUT2D eigenvalue weighted by Crippen LogP contribution is 2.03. The summed E-state index contributed by atoms with van der Waals surface area (Å²) in [6.07, 6.45) is 0. The van der Waals surface area contributed by atoms with Crippen molar-refractivity contribution in [2.75, 3.05) is 32.6 Å². The maximum absolute atomic E-state index is 5.05. The summed E-state index contributed by atoms with van der Waals surface area (Å²) in [5.74, 6) is 0.760. The lowest BCUT2D eigenvalue weighted by Crippen LogP contribution is -2.35. The summed E-state index contributed by atoms with van der Waals surface area (Å²) >= 11 is 4.19. The fourth-order valence-corrected chi connectivity index (χ4v) is 1.17. The van der Waals surface area contributed by atoms with Gasteiger partial charge in [-0.25, -0.2) is 0 Å². The second-order valence-corrected chi connectivity index (χ2v) is 3.78. The zero-order chi connectivity index (χ0) is 10.3. The lowest BCUT2D eigenvalue weighted by molar-refractivity contribution is 0.136. The third kappa shape index (κ3) is 6.13. The molecule has 2 nitrogen and oxygen atoms in total. The zero-order valence-electron chi connectivity index (χ0n) is 8.92. The van der Waals surface area contributed by atoms with Crippen LogP contribution >= 0.6 is 12.6 Å². The van der Waals surface area contributed by atoms with Gasteiger partial charge < -0.3 is 4.74 Å². The average Bonchev–Trinajstić information content (AvgIpc) is 2.11. The molecule has 0 amide bonds. The lowest BCUT2D eigenvalue weighted by Gasteiger charge is -2.26. The molecule has 0 aliphatic heterocycles. The largest absolute Gasteiger partial charge is 0.383 e. The molecule has 0 spiro atoms. The Labute approximate surface area is 87.4 Å². The highest BCUT2D eigenvalue weighted by atomic mass is 32.1. The molecule has 0 bridgehead atoms. The molecule has 0 aliphatic carbocycles. The van der Waals surface area contributed by atoms with Crippen LogP contribution in [0.5, 0.6) is 0 Å². The van der Waals surface area contributed by atoms with Crippen LogP contribution < -0.4 is 0 Å². The van der Waals surface area contributed by atoms with Crippen molar-refractivity contribution >= 4 is 12.6 Å². The Morgan fingerprint density at radius 3 is 2.54 bits per heavy atom. The fourth-order valence-electron chi connectivity index (χ4n) is 1.07. The SMILES string of the molecule is C=C(CS)CN(CCOC)C(C)C. The first-order valence-corrected chi connectivity index (χ1v) is 5.25. The van der Waals surface area contributed by atoms with E-state index in [1.807, 2.05) is 0 Å². The van der Waals surface area contributed by atoms with Gasteiger partial charge in [-0.1, -0.05) is 12.2 Å². The molecule has 0 atom stereocenters. The second kappa shape index (κ2) is 7.42. The predicted molar refractivity (Wildman–Crippen MR) is 61.6 cm³/mol. The molecule has 0 aromatic carbocycles. The van der Waals surface area contributed by atoms with Gasteiger partial charge in [0.05, 0.1) is 6.61 Å². The van der Waals surface area contributed by atoms with Crippen LogP contribution in [0.25, 0.3) is 0 Å². The summed E-state index contributed by atoms with van der Waals surface area (Å²) in [5.41, 5.74) is 1.16. The molecule has 0 aromatic rings. The molecule has 78 valence electrons. The van der Waals surface area contributed by atoms with Crippen molar-refractivity contribution in [3.63, 3.8) is 0 Å². The molecule has 0 saturated heterocycles. The summed E-state index contributed by atoms with van der Waals surface area (Å²) in [7, 11) is 1.73. The van der Waals surface area contributed by atoms with Gasteiger partial charge in [-0.15, -0.1) is 0 Å². The highest BCUT2D eigenvalue weighted by molar-refractivity contribution is 7.80. The minimum Gasteiger partial charge on any atom is -0.383 e. The topological polar surface area (TPSA) is 12.5 Å².